The van der Waals surface area contributed by atoms with E-state index in [1.807, 2.05) is 30.3 Å². The fourth-order valence-corrected chi connectivity index (χ4v) is 6.34. The Balaban J connectivity index is 1.27. The van der Waals surface area contributed by atoms with Gasteiger partial charge in [-0.1, -0.05) is 24.3 Å². The van der Waals surface area contributed by atoms with Crippen LogP contribution in [0.3, 0.4) is 0 Å². The second-order valence-electron chi connectivity index (χ2n) is 9.47. The Morgan fingerprint density at radius 1 is 1.08 bits per heavy atom. The van der Waals surface area contributed by atoms with Gasteiger partial charge in [0.15, 0.2) is 0 Å². The van der Waals surface area contributed by atoms with Gasteiger partial charge in [0.05, 0.1) is 29.5 Å². The quantitative estimate of drug-likeness (QED) is 0.550. The monoisotopic (exact) mass is 508 g/mol. The van der Waals surface area contributed by atoms with Crippen LogP contribution in [0.15, 0.2) is 59.5 Å². The lowest BCUT2D eigenvalue weighted by Crippen LogP contribution is -2.43. The number of aromatic nitrogens is 1. The van der Waals surface area contributed by atoms with Gasteiger partial charge in [0.2, 0.25) is 15.9 Å². The molecule has 1 amide bonds. The van der Waals surface area contributed by atoms with Crippen molar-refractivity contribution in [3.8, 4) is 0 Å². The van der Waals surface area contributed by atoms with Gasteiger partial charge in [0, 0.05) is 38.1 Å². The zero-order valence-electron chi connectivity index (χ0n) is 20.5. The summed E-state index contributed by atoms with van der Waals surface area (Å²) in [5.74, 6) is 0.783. The standard InChI is InChI=1S/C27H32N4O4S/c1-20-5-2-3-6-22(20)18-28-27(32)23-7-4-12-30(19-23)26-11-8-21-17-24(9-10-25(21)29-26)36(33,34)31-13-15-35-16-14-31/h2-3,5-6,8-11,17,23H,4,7,12-16,18-19H2,1H3,(H,28,32). The lowest BCUT2D eigenvalue weighted by Gasteiger charge is -2.33. The number of sulfonamides is 1. The molecule has 0 radical (unpaired) electrons. The molecule has 8 nitrogen and oxygen atoms in total. The Hall–Kier alpha value is -3.01. The molecule has 2 aliphatic rings. The maximum atomic E-state index is 13.0. The van der Waals surface area contributed by atoms with Gasteiger partial charge in [-0.05, 0) is 61.2 Å². The molecule has 2 aliphatic heterocycles. The van der Waals surface area contributed by atoms with E-state index in [-0.39, 0.29) is 16.7 Å². The van der Waals surface area contributed by atoms with Gasteiger partial charge in [-0.3, -0.25) is 4.79 Å². The van der Waals surface area contributed by atoms with Crippen LogP contribution < -0.4 is 10.2 Å². The molecule has 0 spiro atoms. The Kier molecular flexibility index (Phi) is 7.22. The zero-order chi connectivity index (χ0) is 25.1. The van der Waals surface area contributed by atoms with Crippen molar-refractivity contribution >= 4 is 32.7 Å². The molecule has 1 N–H and O–H groups in total. The first-order chi connectivity index (χ1) is 17.4. The van der Waals surface area contributed by atoms with Crippen molar-refractivity contribution in [2.45, 2.75) is 31.2 Å². The highest BCUT2D eigenvalue weighted by Crippen LogP contribution is 2.27. The predicted molar refractivity (Wildman–Crippen MR) is 139 cm³/mol. The molecule has 2 saturated heterocycles. The van der Waals surface area contributed by atoms with Crippen LogP contribution >= 0.6 is 0 Å². The maximum absolute atomic E-state index is 13.0. The van der Waals surface area contributed by atoms with Crippen molar-refractivity contribution in [2.24, 2.45) is 5.92 Å². The normalized spacial score (nSPS) is 19.4. The molecule has 9 heteroatoms. The van der Waals surface area contributed by atoms with E-state index in [0.29, 0.717) is 39.4 Å². The molecule has 1 atom stereocenters. The fourth-order valence-electron chi connectivity index (χ4n) is 4.90. The molecular formula is C27H32N4O4S. The molecule has 3 aromatic rings. The van der Waals surface area contributed by atoms with E-state index in [0.717, 1.165) is 41.7 Å². The maximum Gasteiger partial charge on any atom is 0.243 e. The van der Waals surface area contributed by atoms with Crippen LogP contribution in [0.25, 0.3) is 10.9 Å². The number of carbonyl (C=O) groups excluding carboxylic acids is 1. The Labute approximate surface area is 212 Å². The first-order valence-corrected chi connectivity index (χ1v) is 13.9. The van der Waals surface area contributed by atoms with E-state index in [4.69, 9.17) is 9.72 Å². The number of fused-ring (bicyclic) bond motifs is 1. The van der Waals surface area contributed by atoms with E-state index in [9.17, 15) is 13.2 Å². The number of aryl methyl sites for hydroxylation is 1. The number of benzene rings is 2. The van der Waals surface area contributed by atoms with Crippen LogP contribution in [0.5, 0.6) is 0 Å². The van der Waals surface area contributed by atoms with Crippen molar-refractivity contribution in [3.05, 3.63) is 65.7 Å². The predicted octanol–water partition coefficient (Wildman–Crippen LogP) is 3.10. The van der Waals surface area contributed by atoms with Crippen molar-refractivity contribution < 1.29 is 17.9 Å². The number of hydrogen-bond acceptors (Lipinski definition) is 6. The molecular weight excluding hydrogens is 476 g/mol. The first kappa shape index (κ1) is 24.7. The topological polar surface area (TPSA) is 91.8 Å². The number of hydrogen-bond donors (Lipinski definition) is 1. The van der Waals surface area contributed by atoms with Gasteiger partial charge in [0.25, 0.3) is 0 Å². The Morgan fingerprint density at radius 2 is 1.89 bits per heavy atom. The largest absolute Gasteiger partial charge is 0.379 e. The molecule has 0 aliphatic carbocycles. The van der Waals surface area contributed by atoms with Gasteiger partial charge in [-0.25, -0.2) is 13.4 Å². The second kappa shape index (κ2) is 10.5. The van der Waals surface area contributed by atoms with E-state index >= 15 is 0 Å². The average molecular weight is 509 g/mol. The molecule has 3 heterocycles. The molecule has 2 fully saturated rings. The highest BCUT2D eigenvalue weighted by molar-refractivity contribution is 7.89. The summed E-state index contributed by atoms with van der Waals surface area (Å²) in [6, 6.07) is 17.0. The van der Waals surface area contributed by atoms with Crippen LogP contribution in [-0.4, -0.2) is 63.0 Å². The molecule has 5 rings (SSSR count). The van der Waals surface area contributed by atoms with E-state index in [2.05, 4.69) is 23.2 Å². The summed E-state index contributed by atoms with van der Waals surface area (Å²) in [5.41, 5.74) is 3.04. The number of rotatable bonds is 6. The van der Waals surface area contributed by atoms with Crippen molar-refractivity contribution in [2.75, 3.05) is 44.3 Å². The minimum atomic E-state index is -3.56. The molecule has 0 bridgehead atoms. The number of piperidine rings is 1. The van der Waals surface area contributed by atoms with Gasteiger partial charge in [-0.2, -0.15) is 4.31 Å². The fraction of sp³-hybridized carbons (Fsp3) is 0.407. The van der Waals surface area contributed by atoms with Gasteiger partial charge < -0.3 is 15.0 Å². The van der Waals surface area contributed by atoms with E-state index in [1.54, 1.807) is 18.2 Å². The molecule has 2 aromatic carbocycles. The van der Waals surface area contributed by atoms with Crippen LogP contribution in [0.2, 0.25) is 0 Å². The highest BCUT2D eigenvalue weighted by atomic mass is 32.2. The zero-order valence-corrected chi connectivity index (χ0v) is 21.3. The summed E-state index contributed by atoms with van der Waals surface area (Å²) in [7, 11) is -3.56. The lowest BCUT2D eigenvalue weighted by atomic mass is 9.97. The third kappa shape index (κ3) is 5.23. The van der Waals surface area contributed by atoms with Crippen LogP contribution in [-0.2, 0) is 26.1 Å². The third-order valence-corrected chi connectivity index (χ3v) is 8.98. The van der Waals surface area contributed by atoms with Crippen LogP contribution in [0.4, 0.5) is 5.82 Å². The second-order valence-corrected chi connectivity index (χ2v) is 11.4. The summed E-state index contributed by atoms with van der Waals surface area (Å²) < 4.78 is 32.8. The Morgan fingerprint density at radius 3 is 2.69 bits per heavy atom. The summed E-state index contributed by atoms with van der Waals surface area (Å²) >= 11 is 0. The minimum Gasteiger partial charge on any atom is -0.379 e. The Bertz CT molecular complexity index is 1350. The van der Waals surface area contributed by atoms with Crippen molar-refractivity contribution in [1.82, 2.24) is 14.6 Å². The van der Waals surface area contributed by atoms with Crippen molar-refractivity contribution in [3.63, 3.8) is 0 Å². The molecule has 0 saturated carbocycles. The third-order valence-electron chi connectivity index (χ3n) is 7.08. The van der Waals surface area contributed by atoms with Crippen LogP contribution in [0, 0.1) is 12.8 Å². The van der Waals surface area contributed by atoms with E-state index in [1.165, 1.54) is 9.87 Å². The number of nitrogens with zero attached hydrogens (tertiary/aromatic N) is 3. The number of pyridine rings is 1. The highest BCUT2D eigenvalue weighted by Gasteiger charge is 2.28. The van der Waals surface area contributed by atoms with Gasteiger partial charge >= 0.3 is 0 Å². The number of anilines is 1. The number of carbonyl (C=O) groups is 1. The number of ether oxygens (including phenoxy) is 1. The molecule has 1 unspecified atom stereocenters. The molecule has 190 valence electrons. The lowest BCUT2D eigenvalue weighted by molar-refractivity contribution is -0.125. The molecule has 36 heavy (non-hydrogen) atoms. The summed E-state index contributed by atoms with van der Waals surface area (Å²) in [6.07, 6.45) is 1.77. The first-order valence-electron chi connectivity index (χ1n) is 12.5. The number of amides is 1. The van der Waals surface area contributed by atoms with Crippen LogP contribution in [0.1, 0.15) is 24.0 Å². The summed E-state index contributed by atoms with van der Waals surface area (Å²) in [6.45, 7) is 5.60. The average Bonchev–Trinajstić information content (AvgIpc) is 2.92. The number of morpholine rings is 1. The van der Waals surface area contributed by atoms with Gasteiger partial charge in [-0.15, -0.1) is 0 Å². The summed E-state index contributed by atoms with van der Waals surface area (Å²) in [4.78, 5) is 20.1. The number of nitrogens with one attached hydrogen (secondary N) is 1. The van der Waals surface area contributed by atoms with Crippen molar-refractivity contribution in [1.29, 1.82) is 0 Å². The van der Waals surface area contributed by atoms with E-state index < -0.39 is 10.0 Å². The smallest absolute Gasteiger partial charge is 0.243 e. The SMILES string of the molecule is Cc1ccccc1CNC(=O)C1CCCN(c2ccc3cc(S(=O)(=O)N4CCOCC4)ccc3n2)C1. The van der Waals surface area contributed by atoms with Gasteiger partial charge in [0.1, 0.15) is 5.82 Å². The molecule has 1 aromatic heterocycles. The minimum absolute atomic E-state index is 0.0710. The summed E-state index contributed by atoms with van der Waals surface area (Å²) in [5, 5.41) is 3.88.